The molecule has 0 saturated heterocycles. The van der Waals surface area contributed by atoms with Crippen molar-refractivity contribution in [3.05, 3.63) is 36.4 Å². The summed E-state index contributed by atoms with van der Waals surface area (Å²) in [4.78, 5) is 24.0. The van der Waals surface area contributed by atoms with Crippen LogP contribution in [0, 0.1) is 5.92 Å². The highest BCUT2D eigenvalue weighted by molar-refractivity contribution is 6.08. The Morgan fingerprint density at radius 1 is 0.917 bits per heavy atom. The Morgan fingerprint density at radius 2 is 1.46 bits per heavy atom. The molecule has 2 amide bonds. The van der Waals surface area contributed by atoms with Gasteiger partial charge in [-0.15, -0.1) is 0 Å². The number of carbonyl (C=O) groups is 2. The number of amides is 2. The third-order valence-electron chi connectivity index (χ3n) is 4.05. The fourth-order valence-corrected chi connectivity index (χ4v) is 2.70. The molecule has 0 spiro atoms. The van der Waals surface area contributed by atoms with Gasteiger partial charge in [-0.25, -0.2) is 4.79 Å². The van der Waals surface area contributed by atoms with Gasteiger partial charge in [0, 0.05) is 22.4 Å². The highest BCUT2D eigenvalue weighted by Gasteiger charge is 2.16. The van der Waals surface area contributed by atoms with Gasteiger partial charge in [0.1, 0.15) is 0 Å². The van der Waals surface area contributed by atoms with Crippen LogP contribution in [-0.4, -0.2) is 18.6 Å². The van der Waals surface area contributed by atoms with Crippen molar-refractivity contribution in [3.8, 4) is 0 Å². The molecule has 0 bridgehead atoms. The fraction of sp³-hybridized carbons (Fsp3) is 0.368. The van der Waals surface area contributed by atoms with Gasteiger partial charge < -0.3 is 10.1 Å². The maximum absolute atomic E-state index is 12.4. The molecule has 2 N–H and O–H groups in total. The summed E-state index contributed by atoms with van der Waals surface area (Å²) in [5, 5.41) is 7.48. The van der Waals surface area contributed by atoms with E-state index in [0.29, 0.717) is 12.3 Å². The third kappa shape index (κ3) is 4.04. The Labute approximate surface area is 142 Å². The SMILES string of the molecule is CCOC(=O)Nc1cccc2c(NC(=O)C(CC)CC)cccc12. The van der Waals surface area contributed by atoms with Crippen LogP contribution in [0.2, 0.25) is 0 Å². The summed E-state index contributed by atoms with van der Waals surface area (Å²) in [6.45, 7) is 6.10. The van der Waals surface area contributed by atoms with E-state index in [-0.39, 0.29) is 11.8 Å². The predicted octanol–water partition coefficient (Wildman–Crippen LogP) is 4.78. The Hall–Kier alpha value is -2.56. The maximum Gasteiger partial charge on any atom is 0.411 e. The normalized spacial score (nSPS) is 10.7. The lowest BCUT2D eigenvalue weighted by molar-refractivity contribution is -0.120. The third-order valence-corrected chi connectivity index (χ3v) is 4.05. The largest absolute Gasteiger partial charge is 0.450 e. The van der Waals surface area contributed by atoms with Crippen LogP contribution in [0.1, 0.15) is 33.6 Å². The standard InChI is InChI=1S/C19H24N2O3/c1-4-13(5-2)18(22)20-16-11-7-10-15-14(16)9-8-12-17(15)21-19(23)24-6-3/h7-13H,4-6H2,1-3H3,(H,20,22)(H,21,23). The minimum Gasteiger partial charge on any atom is -0.450 e. The molecule has 0 aliphatic carbocycles. The first-order chi connectivity index (χ1) is 11.6. The number of carbonyl (C=O) groups excluding carboxylic acids is 2. The molecule has 5 nitrogen and oxygen atoms in total. The molecule has 0 atom stereocenters. The molecule has 0 aromatic heterocycles. The average molecular weight is 328 g/mol. The number of nitrogens with one attached hydrogen (secondary N) is 2. The molecule has 0 unspecified atom stereocenters. The molecule has 0 radical (unpaired) electrons. The van der Waals surface area contributed by atoms with E-state index in [4.69, 9.17) is 4.74 Å². The molecule has 2 aromatic rings. The van der Waals surface area contributed by atoms with E-state index in [2.05, 4.69) is 10.6 Å². The van der Waals surface area contributed by atoms with Gasteiger partial charge >= 0.3 is 6.09 Å². The predicted molar refractivity (Wildman–Crippen MR) is 97.3 cm³/mol. The van der Waals surface area contributed by atoms with Crippen LogP contribution >= 0.6 is 0 Å². The second-order valence-corrected chi connectivity index (χ2v) is 5.55. The quantitative estimate of drug-likeness (QED) is 0.801. The zero-order chi connectivity index (χ0) is 17.5. The molecular formula is C19H24N2O3. The lowest BCUT2D eigenvalue weighted by Crippen LogP contribution is -2.21. The Bertz CT molecular complexity index is 724. The zero-order valence-electron chi connectivity index (χ0n) is 14.4. The van der Waals surface area contributed by atoms with E-state index in [1.54, 1.807) is 6.92 Å². The first-order valence-corrected chi connectivity index (χ1v) is 8.37. The summed E-state index contributed by atoms with van der Waals surface area (Å²) in [7, 11) is 0. The van der Waals surface area contributed by atoms with Crippen molar-refractivity contribution in [1.29, 1.82) is 0 Å². The van der Waals surface area contributed by atoms with Gasteiger partial charge in [0.2, 0.25) is 5.91 Å². The van der Waals surface area contributed by atoms with Gasteiger partial charge in [-0.05, 0) is 31.9 Å². The number of hydrogen-bond acceptors (Lipinski definition) is 3. The van der Waals surface area contributed by atoms with Crippen LogP contribution in [0.4, 0.5) is 16.2 Å². The number of ether oxygens (including phenoxy) is 1. The van der Waals surface area contributed by atoms with Crippen LogP contribution in [-0.2, 0) is 9.53 Å². The molecule has 0 aliphatic heterocycles. The van der Waals surface area contributed by atoms with Crippen molar-refractivity contribution in [2.24, 2.45) is 5.92 Å². The molecule has 2 rings (SSSR count). The van der Waals surface area contributed by atoms with Crippen LogP contribution < -0.4 is 10.6 Å². The molecule has 128 valence electrons. The van der Waals surface area contributed by atoms with Crippen molar-refractivity contribution in [1.82, 2.24) is 0 Å². The second-order valence-electron chi connectivity index (χ2n) is 5.55. The molecule has 0 aliphatic rings. The van der Waals surface area contributed by atoms with E-state index in [1.165, 1.54) is 0 Å². The van der Waals surface area contributed by atoms with Gasteiger partial charge in [0.25, 0.3) is 0 Å². The topological polar surface area (TPSA) is 67.4 Å². The van der Waals surface area contributed by atoms with E-state index in [1.807, 2.05) is 50.2 Å². The Kier molecular flexibility index (Phi) is 6.18. The summed E-state index contributed by atoms with van der Waals surface area (Å²) in [6.07, 6.45) is 1.13. The number of benzene rings is 2. The highest BCUT2D eigenvalue weighted by Crippen LogP contribution is 2.30. The van der Waals surface area contributed by atoms with Crippen LogP contribution in [0.25, 0.3) is 10.8 Å². The summed E-state index contributed by atoms with van der Waals surface area (Å²) in [5.41, 5.74) is 1.40. The van der Waals surface area contributed by atoms with Crippen LogP contribution in [0.5, 0.6) is 0 Å². The molecule has 2 aromatic carbocycles. The Balaban J connectivity index is 2.33. The molecular weight excluding hydrogens is 304 g/mol. The smallest absolute Gasteiger partial charge is 0.411 e. The van der Waals surface area contributed by atoms with Crippen molar-refractivity contribution in [3.63, 3.8) is 0 Å². The van der Waals surface area contributed by atoms with Crippen molar-refractivity contribution in [2.45, 2.75) is 33.6 Å². The summed E-state index contributed by atoms with van der Waals surface area (Å²) < 4.78 is 4.93. The number of hydrogen-bond donors (Lipinski definition) is 2. The van der Waals surface area contributed by atoms with Crippen molar-refractivity contribution < 1.29 is 14.3 Å². The van der Waals surface area contributed by atoms with E-state index in [9.17, 15) is 9.59 Å². The summed E-state index contributed by atoms with van der Waals surface area (Å²) >= 11 is 0. The number of rotatable bonds is 6. The van der Waals surface area contributed by atoms with E-state index >= 15 is 0 Å². The van der Waals surface area contributed by atoms with Crippen molar-refractivity contribution in [2.75, 3.05) is 17.2 Å². The minimum atomic E-state index is -0.489. The molecule has 0 saturated carbocycles. The van der Waals surface area contributed by atoms with Gasteiger partial charge in [-0.3, -0.25) is 10.1 Å². The maximum atomic E-state index is 12.4. The molecule has 5 heteroatoms. The van der Waals surface area contributed by atoms with Crippen molar-refractivity contribution >= 4 is 34.1 Å². The lowest BCUT2D eigenvalue weighted by atomic mass is 10.0. The second kappa shape index (κ2) is 8.34. The first-order valence-electron chi connectivity index (χ1n) is 8.37. The minimum absolute atomic E-state index is 0.00101. The number of fused-ring (bicyclic) bond motifs is 1. The average Bonchev–Trinajstić information content (AvgIpc) is 2.57. The number of anilines is 2. The Morgan fingerprint density at radius 3 is 1.96 bits per heavy atom. The first kappa shape index (κ1) is 17.8. The zero-order valence-corrected chi connectivity index (χ0v) is 14.4. The van der Waals surface area contributed by atoms with Gasteiger partial charge in [0.15, 0.2) is 0 Å². The van der Waals surface area contributed by atoms with Crippen LogP contribution in [0.3, 0.4) is 0 Å². The molecule has 0 fully saturated rings. The monoisotopic (exact) mass is 328 g/mol. The lowest BCUT2D eigenvalue weighted by Gasteiger charge is -2.15. The fourth-order valence-electron chi connectivity index (χ4n) is 2.70. The molecule has 24 heavy (non-hydrogen) atoms. The van der Waals surface area contributed by atoms with Gasteiger partial charge in [-0.2, -0.15) is 0 Å². The highest BCUT2D eigenvalue weighted by atomic mass is 16.5. The van der Waals surface area contributed by atoms with Gasteiger partial charge in [-0.1, -0.05) is 38.1 Å². The van der Waals surface area contributed by atoms with E-state index < -0.39 is 6.09 Å². The summed E-state index contributed by atoms with van der Waals surface area (Å²) in [6, 6.07) is 11.2. The van der Waals surface area contributed by atoms with E-state index in [0.717, 1.165) is 29.3 Å². The summed E-state index contributed by atoms with van der Waals surface area (Å²) in [5.74, 6) is 0.0253. The van der Waals surface area contributed by atoms with Crippen LogP contribution in [0.15, 0.2) is 36.4 Å². The van der Waals surface area contributed by atoms with Gasteiger partial charge in [0.05, 0.1) is 12.3 Å². The molecule has 0 heterocycles.